The van der Waals surface area contributed by atoms with Gasteiger partial charge in [0.2, 0.25) is 0 Å². The van der Waals surface area contributed by atoms with Crippen molar-refractivity contribution in [1.82, 2.24) is 4.98 Å². The average Bonchev–Trinajstić information content (AvgIpc) is 2.49. The minimum absolute atomic E-state index is 0.213. The molecule has 106 valence electrons. The van der Waals surface area contributed by atoms with Crippen LogP contribution < -0.4 is 10.5 Å². The number of rotatable bonds is 5. The number of nitrogens with zero attached hydrogens (tertiary/aromatic N) is 1. The SMILES string of the molecule is CCC(N)C(Oc1cccc(C)c1F)c1ccccn1. The Morgan fingerprint density at radius 2 is 2.05 bits per heavy atom. The van der Waals surface area contributed by atoms with Gasteiger partial charge in [-0.25, -0.2) is 4.39 Å². The number of nitrogens with two attached hydrogens (primary N) is 1. The zero-order valence-electron chi connectivity index (χ0n) is 11.7. The molecule has 0 saturated carbocycles. The third kappa shape index (κ3) is 3.14. The second-order valence-corrected chi connectivity index (χ2v) is 4.75. The van der Waals surface area contributed by atoms with E-state index in [1.54, 1.807) is 31.3 Å². The molecule has 20 heavy (non-hydrogen) atoms. The van der Waals surface area contributed by atoms with Crippen molar-refractivity contribution >= 4 is 0 Å². The van der Waals surface area contributed by atoms with Gasteiger partial charge in [0.15, 0.2) is 17.7 Å². The van der Waals surface area contributed by atoms with Crippen molar-refractivity contribution in [3.05, 3.63) is 59.7 Å². The largest absolute Gasteiger partial charge is 0.479 e. The van der Waals surface area contributed by atoms with Gasteiger partial charge < -0.3 is 10.5 Å². The molecule has 0 saturated heterocycles. The van der Waals surface area contributed by atoms with Gasteiger partial charge in [-0.1, -0.05) is 25.1 Å². The number of halogens is 1. The van der Waals surface area contributed by atoms with Gasteiger partial charge in [0, 0.05) is 12.2 Å². The monoisotopic (exact) mass is 274 g/mol. The lowest BCUT2D eigenvalue weighted by molar-refractivity contribution is 0.159. The average molecular weight is 274 g/mol. The fraction of sp³-hybridized carbons (Fsp3) is 0.312. The predicted octanol–water partition coefficient (Wildman–Crippen LogP) is 3.39. The van der Waals surface area contributed by atoms with Crippen LogP contribution >= 0.6 is 0 Å². The molecule has 0 amide bonds. The summed E-state index contributed by atoms with van der Waals surface area (Å²) < 4.78 is 19.9. The van der Waals surface area contributed by atoms with Gasteiger partial charge in [-0.2, -0.15) is 0 Å². The molecule has 0 fully saturated rings. The molecule has 0 radical (unpaired) electrons. The van der Waals surface area contributed by atoms with E-state index in [1.165, 1.54) is 0 Å². The van der Waals surface area contributed by atoms with Crippen LogP contribution in [0.15, 0.2) is 42.6 Å². The molecule has 3 nitrogen and oxygen atoms in total. The molecular weight excluding hydrogens is 255 g/mol. The van der Waals surface area contributed by atoms with Crippen molar-refractivity contribution in [2.45, 2.75) is 32.4 Å². The van der Waals surface area contributed by atoms with Crippen LogP contribution in [0.4, 0.5) is 4.39 Å². The van der Waals surface area contributed by atoms with Gasteiger partial charge in [-0.05, 0) is 37.1 Å². The van der Waals surface area contributed by atoms with E-state index in [9.17, 15) is 4.39 Å². The molecule has 0 aliphatic carbocycles. The zero-order valence-corrected chi connectivity index (χ0v) is 11.7. The summed E-state index contributed by atoms with van der Waals surface area (Å²) in [6.07, 6.45) is 1.94. The summed E-state index contributed by atoms with van der Waals surface area (Å²) in [5, 5.41) is 0. The Balaban J connectivity index is 2.31. The van der Waals surface area contributed by atoms with E-state index >= 15 is 0 Å². The molecule has 2 N–H and O–H groups in total. The predicted molar refractivity (Wildman–Crippen MR) is 77.0 cm³/mol. The van der Waals surface area contributed by atoms with Gasteiger partial charge in [0.25, 0.3) is 0 Å². The van der Waals surface area contributed by atoms with Crippen molar-refractivity contribution in [2.24, 2.45) is 5.73 Å². The Hall–Kier alpha value is -1.94. The fourth-order valence-corrected chi connectivity index (χ4v) is 1.97. The quantitative estimate of drug-likeness (QED) is 0.909. The highest BCUT2D eigenvalue weighted by atomic mass is 19.1. The maximum absolute atomic E-state index is 14.1. The third-order valence-corrected chi connectivity index (χ3v) is 3.25. The zero-order chi connectivity index (χ0) is 14.5. The molecule has 0 bridgehead atoms. The van der Waals surface area contributed by atoms with E-state index in [-0.39, 0.29) is 17.6 Å². The van der Waals surface area contributed by atoms with Crippen LogP contribution in [0.1, 0.15) is 30.7 Å². The first kappa shape index (κ1) is 14.5. The standard InChI is InChI=1S/C16H19FN2O/c1-3-12(18)16(13-8-4-5-10-19-13)20-14-9-6-7-11(2)15(14)17/h4-10,12,16H,3,18H2,1-2H3. The molecule has 1 heterocycles. The highest BCUT2D eigenvalue weighted by Crippen LogP contribution is 2.27. The summed E-state index contributed by atoms with van der Waals surface area (Å²) in [6.45, 7) is 3.67. The van der Waals surface area contributed by atoms with Gasteiger partial charge in [-0.3, -0.25) is 4.98 Å². The number of ether oxygens (including phenoxy) is 1. The molecule has 2 rings (SSSR count). The van der Waals surface area contributed by atoms with Gasteiger partial charge >= 0.3 is 0 Å². The Labute approximate surface area is 118 Å². The Bertz CT molecular complexity index is 560. The Morgan fingerprint density at radius 1 is 1.25 bits per heavy atom. The topological polar surface area (TPSA) is 48.1 Å². The number of aromatic nitrogens is 1. The van der Waals surface area contributed by atoms with E-state index in [0.29, 0.717) is 17.7 Å². The van der Waals surface area contributed by atoms with Crippen molar-refractivity contribution < 1.29 is 9.13 Å². The fourth-order valence-electron chi connectivity index (χ4n) is 1.97. The van der Waals surface area contributed by atoms with Crippen molar-refractivity contribution in [2.75, 3.05) is 0 Å². The van der Waals surface area contributed by atoms with Gasteiger partial charge in [-0.15, -0.1) is 0 Å². The first-order valence-electron chi connectivity index (χ1n) is 6.71. The van der Waals surface area contributed by atoms with Crippen LogP contribution in [0.2, 0.25) is 0 Å². The van der Waals surface area contributed by atoms with Crippen molar-refractivity contribution in [3.63, 3.8) is 0 Å². The summed E-state index contributed by atoms with van der Waals surface area (Å²) in [4.78, 5) is 4.27. The highest BCUT2D eigenvalue weighted by molar-refractivity contribution is 5.31. The van der Waals surface area contributed by atoms with Crippen LogP contribution in [-0.4, -0.2) is 11.0 Å². The summed E-state index contributed by atoms with van der Waals surface area (Å²) >= 11 is 0. The van der Waals surface area contributed by atoms with Crippen LogP contribution in [0.25, 0.3) is 0 Å². The Kier molecular flexibility index (Phi) is 4.69. The summed E-state index contributed by atoms with van der Waals surface area (Å²) in [6, 6.07) is 10.4. The minimum Gasteiger partial charge on any atom is -0.479 e. The molecule has 2 unspecified atom stereocenters. The highest BCUT2D eigenvalue weighted by Gasteiger charge is 2.23. The molecule has 1 aromatic heterocycles. The molecule has 2 atom stereocenters. The van der Waals surface area contributed by atoms with Gasteiger partial charge in [0.1, 0.15) is 0 Å². The first-order valence-corrected chi connectivity index (χ1v) is 6.71. The smallest absolute Gasteiger partial charge is 0.167 e. The van der Waals surface area contributed by atoms with E-state index in [1.807, 2.05) is 25.1 Å². The Morgan fingerprint density at radius 3 is 2.70 bits per heavy atom. The molecule has 0 aliphatic rings. The normalized spacial score (nSPS) is 13.8. The summed E-state index contributed by atoms with van der Waals surface area (Å²) in [5.74, 6) is -0.138. The lowest BCUT2D eigenvalue weighted by atomic mass is 10.1. The van der Waals surface area contributed by atoms with Crippen LogP contribution in [0, 0.1) is 12.7 Å². The van der Waals surface area contributed by atoms with Crippen molar-refractivity contribution in [1.29, 1.82) is 0 Å². The maximum Gasteiger partial charge on any atom is 0.167 e. The van der Waals surface area contributed by atoms with Crippen LogP contribution in [0.3, 0.4) is 0 Å². The lowest BCUT2D eigenvalue weighted by Crippen LogP contribution is -2.32. The molecular formula is C16H19FN2O. The second-order valence-electron chi connectivity index (χ2n) is 4.75. The minimum atomic E-state index is -0.461. The van der Waals surface area contributed by atoms with Crippen LogP contribution in [-0.2, 0) is 0 Å². The lowest BCUT2D eigenvalue weighted by Gasteiger charge is -2.24. The van der Waals surface area contributed by atoms with E-state index in [2.05, 4.69) is 4.98 Å². The molecule has 0 aliphatic heterocycles. The number of benzene rings is 1. The molecule has 1 aromatic carbocycles. The number of aryl methyl sites for hydroxylation is 1. The molecule has 0 spiro atoms. The molecule has 4 heteroatoms. The van der Waals surface area contributed by atoms with E-state index in [0.717, 1.165) is 0 Å². The second kappa shape index (κ2) is 6.48. The maximum atomic E-state index is 14.1. The number of pyridine rings is 1. The van der Waals surface area contributed by atoms with Gasteiger partial charge in [0.05, 0.1) is 5.69 Å². The molecule has 2 aromatic rings. The van der Waals surface area contributed by atoms with Crippen molar-refractivity contribution in [3.8, 4) is 5.75 Å². The summed E-state index contributed by atoms with van der Waals surface area (Å²) in [5.41, 5.74) is 7.36. The first-order chi connectivity index (χ1) is 9.63. The third-order valence-electron chi connectivity index (χ3n) is 3.25. The summed E-state index contributed by atoms with van der Waals surface area (Å²) in [7, 11) is 0. The number of hydrogen-bond donors (Lipinski definition) is 1. The van der Waals surface area contributed by atoms with E-state index < -0.39 is 6.10 Å². The number of hydrogen-bond acceptors (Lipinski definition) is 3. The van der Waals surface area contributed by atoms with E-state index in [4.69, 9.17) is 10.5 Å². The van der Waals surface area contributed by atoms with Crippen LogP contribution in [0.5, 0.6) is 5.75 Å².